The van der Waals surface area contributed by atoms with E-state index in [4.69, 9.17) is 4.74 Å². The van der Waals surface area contributed by atoms with E-state index in [0.29, 0.717) is 29.2 Å². The third kappa shape index (κ3) is 3.87. The highest BCUT2D eigenvalue weighted by Crippen LogP contribution is 2.42. The second kappa shape index (κ2) is 8.67. The zero-order valence-corrected chi connectivity index (χ0v) is 17.7. The lowest BCUT2D eigenvalue weighted by atomic mass is 9.95. The molecule has 5 nitrogen and oxygen atoms in total. The van der Waals surface area contributed by atoms with Crippen LogP contribution in [-0.4, -0.2) is 23.4 Å². The van der Waals surface area contributed by atoms with E-state index in [1.165, 1.54) is 29.2 Å². The van der Waals surface area contributed by atoms with Gasteiger partial charge in [-0.05, 0) is 55.8 Å². The molecule has 1 atom stereocenters. The Morgan fingerprint density at radius 1 is 1.03 bits per heavy atom. The molecule has 1 aliphatic rings. The average molecular weight is 431 g/mol. The molecule has 0 spiro atoms. The van der Waals surface area contributed by atoms with Gasteiger partial charge >= 0.3 is 0 Å². The molecule has 1 fully saturated rings. The zero-order chi connectivity index (χ0) is 22.8. The normalized spacial score (nSPS) is 17.6. The summed E-state index contributed by atoms with van der Waals surface area (Å²) in [6, 6.07) is 18.5. The van der Waals surface area contributed by atoms with Gasteiger partial charge in [-0.3, -0.25) is 14.5 Å². The summed E-state index contributed by atoms with van der Waals surface area (Å²) in [7, 11) is 0. The molecule has 3 aromatic rings. The van der Waals surface area contributed by atoms with E-state index in [0.717, 1.165) is 5.56 Å². The maximum absolute atomic E-state index is 13.6. The summed E-state index contributed by atoms with van der Waals surface area (Å²) < 4.78 is 19.1. The highest BCUT2D eigenvalue weighted by atomic mass is 19.1. The van der Waals surface area contributed by atoms with Crippen molar-refractivity contribution in [1.29, 1.82) is 0 Å². The number of ether oxygens (including phenoxy) is 1. The van der Waals surface area contributed by atoms with Crippen molar-refractivity contribution in [1.82, 2.24) is 0 Å². The number of nitrogens with zero attached hydrogens (tertiary/aromatic N) is 1. The van der Waals surface area contributed by atoms with Crippen molar-refractivity contribution in [2.24, 2.45) is 0 Å². The summed E-state index contributed by atoms with van der Waals surface area (Å²) in [5, 5.41) is 11.1. The molecule has 0 radical (unpaired) electrons. The number of benzene rings is 3. The second-order valence-electron chi connectivity index (χ2n) is 7.52. The van der Waals surface area contributed by atoms with E-state index >= 15 is 0 Å². The molecule has 162 valence electrons. The van der Waals surface area contributed by atoms with E-state index in [2.05, 4.69) is 0 Å². The number of halogens is 1. The highest BCUT2D eigenvalue weighted by Gasteiger charge is 2.46. The Morgan fingerprint density at radius 2 is 1.72 bits per heavy atom. The molecule has 1 N–H and O–H groups in total. The summed E-state index contributed by atoms with van der Waals surface area (Å²) in [5.41, 5.74) is 2.31. The van der Waals surface area contributed by atoms with Gasteiger partial charge in [-0.1, -0.05) is 42.0 Å². The lowest BCUT2D eigenvalue weighted by molar-refractivity contribution is -0.132. The van der Waals surface area contributed by atoms with Crippen LogP contribution in [0.15, 0.2) is 78.4 Å². The molecule has 0 saturated carbocycles. The first-order valence-electron chi connectivity index (χ1n) is 10.3. The van der Waals surface area contributed by atoms with E-state index in [1.54, 1.807) is 36.4 Å². The van der Waals surface area contributed by atoms with E-state index in [1.807, 2.05) is 26.0 Å². The monoisotopic (exact) mass is 431 g/mol. The Morgan fingerprint density at radius 3 is 2.38 bits per heavy atom. The number of hydrogen-bond acceptors (Lipinski definition) is 4. The van der Waals surface area contributed by atoms with Gasteiger partial charge in [0.15, 0.2) is 0 Å². The van der Waals surface area contributed by atoms with Crippen LogP contribution < -0.4 is 9.64 Å². The van der Waals surface area contributed by atoms with Crippen LogP contribution in [0.5, 0.6) is 5.75 Å². The van der Waals surface area contributed by atoms with Gasteiger partial charge in [0, 0.05) is 11.3 Å². The topological polar surface area (TPSA) is 66.8 Å². The van der Waals surface area contributed by atoms with Crippen LogP contribution in [0.4, 0.5) is 10.1 Å². The maximum Gasteiger partial charge on any atom is 0.300 e. The van der Waals surface area contributed by atoms with Crippen molar-refractivity contribution >= 4 is 23.1 Å². The molecule has 6 heteroatoms. The first-order chi connectivity index (χ1) is 15.4. The summed E-state index contributed by atoms with van der Waals surface area (Å²) in [6.07, 6.45) is 0. The minimum Gasteiger partial charge on any atom is -0.507 e. The Labute approximate surface area is 185 Å². The molecule has 32 heavy (non-hydrogen) atoms. The lowest BCUT2D eigenvalue weighted by Gasteiger charge is -2.25. The van der Waals surface area contributed by atoms with Gasteiger partial charge in [-0.25, -0.2) is 4.39 Å². The number of Topliss-reactive ketones (excluding diaryl/α,β-unsaturated/α-hetero) is 1. The van der Waals surface area contributed by atoms with Crippen molar-refractivity contribution in [2.75, 3.05) is 11.5 Å². The molecular weight excluding hydrogens is 409 g/mol. The van der Waals surface area contributed by atoms with Crippen molar-refractivity contribution in [2.45, 2.75) is 19.9 Å². The first-order valence-corrected chi connectivity index (χ1v) is 10.3. The summed E-state index contributed by atoms with van der Waals surface area (Å²) in [6.45, 7) is 4.20. The fraction of sp³-hybridized carbons (Fsp3) is 0.154. The predicted molar refractivity (Wildman–Crippen MR) is 120 cm³/mol. The number of anilines is 1. The molecule has 1 saturated heterocycles. The molecule has 3 aromatic carbocycles. The molecule has 1 aliphatic heterocycles. The number of aliphatic hydroxyl groups is 1. The van der Waals surface area contributed by atoms with Crippen LogP contribution in [-0.2, 0) is 9.59 Å². The van der Waals surface area contributed by atoms with Crippen LogP contribution in [0.2, 0.25) is 0 Å². The summed E-state index contributed by atoms with van der Waals surface area (Å²) in [4.78, 5) is 27.5. The van der Waals surface area contributed by atoms with Crippen LogP contribution >= 0.6 is 0 Å². The van der Waals surface area contributed by atoms with Crippen molar-refractivity contribution in [3.8, 4) is 5.75 Å². The second-order valence-corrected chi connectivity index (χ2v) is 7.52. The standard InChI is InChI=1S/C26H22FNO4/c1-3-32-21-6-4-5-18(15-21)24(29)22-23(17-9-11-19(27)12-10-17)28(26(31)25(22)30)20-13-7-16(2)8-14-20/h4-15,23,29H,3H2,1-2H3/b24-22-. The molecule has 0 bridgehead atoms. The van der Waals surface area contributed by atoms with Crippen molar-refractivity contribution in [3.63, 3.8) is 0 Å². The Hall–Kier alpha value is -3.93. The molecule has 0 aromatic heterocycles. The minimum atomic E-state index is -0.908. The number of hydrogen-bond donors (Lipinski definition) is 1. The van der Waals surface area contributed by atoms with Gasteiger partial charge in [0.1, 0.15) is 17.3 Å². The number of amides is 1. The van der Waals surface area contributed by atoms with E-state index < -0.39 is 23.5 Å². The van der Waals surface area contributed by atoms with E-state index in [-0.39, 0.29) is 11.3 Å². The Kier molecular flexibility index (Phi) is 5.77. The Bertz CT molecular complexity index is 1200. The minimum absolute atomic E-state index is 0.0594. The van der Waals surface area contributed by atoms with Gasteiger partial charge in [0.25, 0.3) is 11.7 Å². The molecule has 1 amide bonds. The highest BCUT2D eigenvalue weighted by molar-refractivity contribution is 6.51. The Balaban J connectivity index is 1.91. The number of aliphatic hydroxyl groups excluding tert-OH is 1. The maximum atomic E-state index is 13.6. The third-order valence-corrected chi connectivity index (χ3v) is 5.36. The van der Waals surface area contributed by atoms with Gasteiger partial charge in [0.05, 0.1) is 18.2 Å². The third-order valence-electron chi connectivity index (χ3n) is 5.36. The van der Waals surface area contributed by atoms with Gasteiger partial charge in [0.2, 0.25) is 0 Å². The van der Waals surface area contributed by atoms with Crippen molar-refractivity contribution in [3.05, 3.63) is 101 Å². The van der Waals surface area contributed by atoms with Gasteiger partial charge in [-0.15, -0.1) is 0 Å². The fourth-order valence-electron chi connectivity index (χ4n) is 3.82. The largest absolute Gasteiger partial charge is 0.507 e. The van der Waals surface area contributed by atoms with Gasteiger partial charge < -0.3 is 9.84 Å². The van der Waals surface area contributed by atoms with E-state index in [9.17, 15) is 19.1 Å². The van der Waals surface area contributed by atoms with Gasteiger partial charge in [-0.2, -0.15) is 0 Å². The van der Waals surface area contributed by atoms with Crippen molar-refractivity contribution < 1.29 is 23.8 Å². The lowest BCUT2D eigenvalue weighted by Crippen LogP contribution is -2.29. The molecule has 0 aliphatic carbocycles. The summed E-state index contributed by atoms with van der Waals surface area (Å²) in [5.74, 6) is -1.79. The quantitative estimate of drug-likeness (QED) is 0.344. The molecule has 1 unspecified atom stereocenters. The number of aryl methyl sites for hydroxylation is 1. The number of carbonyl (C=O) groups is 2. The van der Waals surface area contributed by atoms with Crippen LogP contribution in [0.3, 0.4) is 0 Å². The zero-order valence-electron chi connectivity index (χ0n) is 17.7. The van der Waals surface area contributed by atoms with Crippen LogP contribution in [0.1, 0.15) is 29.7 Å². The molecular formula is C26H22FNO4. The summed E-state index contributed by atoms with van der Waals surface area (Å²) >= 11 is 0. The number of ketones is 1. The molecule has 4 rings (SSSR count). The molecule has 1 heterocycles. The van der Waals surface area contributed by atoms with Crippen LogP contribution in [0, 0.1) is 12.7 Å². The number of rotatable bonds is 5. The predicted octanol–water partition coefficient (Wildman–Crippen LogP) is 5.16. The smallest absolute Gasteiger partial charge is 0.300 e. The fourth-order valence-corrected chi connectivity index (χ4v) is 3.82. The SMILES string of the molecule is CCOc1cccc(/C(O)=C2/C(=O)C(=O)N(c3ccc(C)cc3)C2c2ccc(F)cc2)c1. The number of carbonyl (C=O) groups excluding carboxylic acids is 2. The average Bonchev–Trinajstić information content (AvgIpc) is 3.05. The first kappa shape index (κ1) is 21.3. The van der Waals surface area contributed by atoms with Crippen LogP contribution in [0.25, 0.3) is 5.76 Å².